The summed E-state index contributed by atoms with van der Waals surface area (Å²) in [5.41, 5.74) is 4.10. The molecule has 1 unspecified atom stereocenters. The van der Waals surface area contributed by atoms with Crippen molar-refractivity contribution in [1.82, 2.24) is 30.1 Å². The third-order valence-electron chi connectivity index (χ3n) is 7.72. The van der Waals surface area contributed by atoms with E-state index in [1.54, 1.807) is 0 Å². The maximum Gasteiger partial charge on any atom is 0.252 e. The maximum absolute atomic E-state index is 13.2. The Morgan fingerprint density at radius 1 is 1.08 bits per heavy atom. The Labute approximate surface area is 218 Å². The summed E-state index contributed by atoms with van der Waals surface area (Å²) in [6.45, 7) is 5.66. The van der Waals surface area contributed by atoms with E-state index in [2.05, 4.69) is 86.4 Å². The molecule has 0 spiro atoms. The molecule has 1 atom stereocenters. The fraction of sp³-hybridized carbons (Fsp3) is 0.467. The molecule has 2 aromatic carbocycles. The predicted molar refractivity (Wildman–Crippen MR) is 147 cm³/mol. The minimum atomic E-state index is -0.0248. The number of benzene rings is 2. The molecule has 0 bridgehead atoms. The van der Waals surface area contributed by atoms with Crippen molar-refractivity contribution in [1.29, 1.82) is 0 Å². The number of rotatable bonds is 10. The van der Waals surface area contributed by atoms with E-state index in [0.29, 0.717) is 12.6 Å². The van der Waals surface area contributed by atoms with E-state index < -0.39 is 0 Å². The monoisotopic (exact) mass is 498 g/mol. The van der Waals surface area contributed by atoms with Crippen molar-refractivity contribution in [2.75, 3.05) is 6.54 Å². The third kappa shape index (κ3) is 5.99. The Hall–Kier alpha value is -3.32. The first-order valence-electron chi connectivity index (χ1n) is 13.8. The fourth-order valence-corrected chi connectivity index (χ4v) is 5.72. The zero-order chi connectivity index (χ0) is 25.6. The lowest BCUT2D eigenvalue weighted by atomic mass is 9.95. The number of aryl methyl sites for hydroxylation is 1. The Balaban J connectivity index is 1.50. The van der Waals surface area contributed by atoms with Crippen molar-refractivity contribution >= 4 is 10.9 Å². The van der Waals surface area contributed by atoms with Gasteiger partial charge in [-0.1, -0.05) is 74.6 Å². The number of hydrogen-bond donors (Lipinski definition) is 1. The fourth-order valence-electron chi connectivity index (χ4n) is 5.72. The molecule has 0 aliphatic heterocycles. The van der Waals surface area contributed by atoms with Crippen LogP contribution >= 0.6 is 0 Å². The number of H-pyrrole nitrogens is 1. The van der Waals surface area contributed by atoms with Crippen LogP contribution in [0.4, 0.5) is 0 Å². The van der Waals surface area contributed by atoms with Crippen LogP contribution in [0.1, 0.15) is 86.5 Å². The highest BCUT2D eigenvalue weighted by atomic mass is 16.1. The molecule has 4 aromatic rings. The van der Waals surface area contributed by atoms with Gasteiger partial charge < -0.3 is 4.98 Å². The second-order valence-electron chi connectivity index (χ2n) is 10.5. The summed E-state index contributed by atoms with van der Waals surface area (Å²) in [5.74, 6) is 0.940. The lowest BCUT2D eigenvalue weighted by Crippen LogP contribution is -2.35. The average Bonchev–Trinajstić information content (AvgIpc) is 3.41. The summed E-state index contributed by atoms with van der Waals surface area (Å²) in [7, 11) is 0. The number of nitrogens with one attached hydrogen (secondary N) is 1. The van der Waals surface area contributed by atoms with Crippen molar-refractivity contribution in [2.45, 2.75) is 83.8 Å². The Morgan fingerprint density at radius 2 is 1.89 bits per heavy atom. The van der Waals surface area contributed by atoms with Crippen molar-refractivity contribution in [3.8, 4) is 0 Å². The molecule has 1 saturated carbocycles. The lowest BCUT2D eigenvalue weighted by molar-refractivity contribution is 0.160. The normalized spacial score (nSPS) is 15.4. The van der Waals surface area contributed by atoms with Gasteiger partial charge in [-0.25, -0.2) is 4.68 Å². The van der Waals surface area contributed by atoms with Crippen LogP contribution in [0.3, 0.4) is 0 Å². The number of fused-ring (bicyclic) bond motifs is 1. The van der Waals surface area contributed by atoms with Gasteiger partial charge in [-0.3, -0.25) is 9.69 Å². The van der Waals surface area contributed by atoms with Crippen LogP contribution in [0.25, 0.3) is 10.9 Å². The molecule has 0 radical (unpaired) electrons. The van der Waals surface area contributed by atoms with Gasteiger partial charge in [0, 0.05) is 24.2 Å². The second kappa shape index (κ2) is 11.8. The quantitative estimate of drug-likeness (QED) is 0.294. The molecule has 1 fully saturated rings. The summed E-state index contributed by atoms with van der Waals surface area (Å²) in [6, 6.07) is 19.2. The van der Waals surface area contributed by atoms with Gasteiger partial charge in [0.25, 0.3) is 5.56 Å². The topological polar surface area (TPSA) is 79.7 Å². The molecule has 37 heavy (non-hydrogen) atoms. The minimum Gasteiger partial charge on any atom is -0.322 e. The SMILES string of the molecule is CCCC(c1nnnn1C1CCCCC1)N(CCc1ccccc1)Cc1cc2cc(C)ccc2[nH]c1=O. The van der Waals surface area contributed by atoms with E-state index in [-0.39, 0.29) is 11.6 Å². The summed E-state index contributed by atoms with van der Waals surface area (Å²) in [6.07, 6.45) is 8.85. The lowest BCUT2D eigenvalue weighted by Gasteiger charge is -2.32. The van der Waals surface area contributed by atoms with E-state index in [9.17, 15) is 4.79 Å². The van der Waals surface area contributed by atoms with Gasteiger partial charge in [-0.05, 0) is 72.2 Å². The van der Waals surface area contributed by atoms with Gasteiger partial charge in [0.1, 0.15) is 0 Å². The number of pyridine rings is 1. The first-order valence-corrected chi connectivity index (χ1v) is 13.8. The summed E-state index contributed by atoms with van der Waals surface area (Å²) in [5, 5.41) is 14.3. The van der Waals surface area contributed by atoms with E-state index >= 15 is 0 Å². The average molecular weight is 499 g/mol. The van der Waals surface area contributed by atoms with Gasteiger partial charge in [0.15, 0.2) is 5.82 Å². The molecule has 0 saturated heterocycles. The number of aromatic nitrogens is 5. The molecule has 5 rings (SSSR count). The van der Waals surface area contributed by atoms with Gasteiger partial charge in [0.05, 0.1) is 12.1 Å². The first kappa shape index (κ1) is 25.3. The van der Waals surface area contributed by atoms with Gasteiger partial charge in [-0.2, -0.15) is 0 Å². The standard InChI is InChI=1S/C30H38N6O/c1-3-10-28(29-32-33-34-36(29)26-13-8-5-9-14-26)35(18-17-23-11-6-4-7-12-23)21-25-20-24-19-22(2)15-16-27(24)31-30(25)37/h4,6-7,11-12,15-16,19-20,26,28H,3,5,8-10,13-14,17-18,21H2,1-2H3,(H,31,37). The van der Waals surface area contributed by atoms with Crippen LogP contribution in [0.2, 0.25) is 0 Å². The first-order chi connectivity index (χ1) is 18.1. The summed E-state index contributed by atoms with van der Waals surface area (Å²) in [4.78, 5) is 18.7. The van der Waals surface area contributed by atoms with Gasteiger partial charge >= 0.3 is 0 Å². The molecule has 194 valence electrons. The van der Waals surface area contributed by atoms with Crippen LogP contribution in [-0.2, 0) is 13.0 Å². The van der Waals surface area contributed by atoms with Gasteiger partial charge in [-0.15, -0.1) is 5.10 Å². The molecule has 1 aliphatic carbocycles. The van der Waals surface area contributed by atoms with E-state index in [0.717, 1.165) is 60.9 Å². The van der Waals surface area contributed by atoms with Crippen LogP contribution in [0.15, 0.2) is 59.4 Å². The number of hydrogen-bond acceptors (Lipinski definition) is 5. The van der Waals surface area contributed by atoms with Crippen molar-refractivity contribution in [2.24, 2.45) is 0 Å². The van der Waals surface area contributed by atoms with E-state index in [4.69, 9.17) is 0 Å². The molecule has 7 heteroatoms. The number of nitrogens with zero attached hydrogens (tertiary/aromatic N) is 5. The molecule has 1 aliphatic rings. The predicted octanol–water partition coefficient (Wildman–Crippen LogP) is 5.91. The molecular formula is C30H38N6O. The molecule has 7 nitrogen and oxygen atoms in total. The molecule has 1 N–H and O–H groups in total. The Morgan fingerprint density at radius 3 is 2.68 bits per heavy atom. The van der Waals surface area contributed by atoms with Gasteiger partial charge in [0.2, 0.25) is 0 Å². The van der Waals surface area contributed by atoms with Crippen LogP contribution < -0.4 is 5.56 Å². The summed E-state index contributed by atoms with van der Waals surface area (Å²) >= 11 is 0. The van der Waals surface area contributed by atoms with Crippen molar-refractivity contribution in [3.05, 3.63) is 87.5 Å². The smallest absolute Gasteiger partial charge is 0.252 e. The molecule has 2 heterocycles. The van der Waals surface area contributed by atoms with Crippen molar-refractivity contribution < 1.29 is 0 Å². The third-order valence-corrected chi connectivity index (χ3v) is 7.72. The zero-order valence-corrected chi connectivity index (χ0v) is 22.1. The summed E-state index contributed by atoms with van der Waals surface area (Å²) < 4.78 is 2.10. The van der Waals surface area contributed by atoms with Crippen molar-refractivity contribution in [3.63, 3.8) is 0 Å². The number of tetrazole rings is 1. The van der Waals surface area contributed by atoms with Crippen LogP contribution in [0, 0.1) is 6.92 Å². The highest BCUT2D eigenvalue weighted by Gasteiger charge is 2.29. The minimum absolute atomic E-state index is 0.0248. The van der Waals surface area contributed by atoms with Crippen LogP contribution in [0.5, 0.6) is 0 Å². The second-order valence-corrected chi connectivity index (χ2v) is 10.5. The largest absolute Gasteiger partial charge is 0.322 e. The molecular weight excluding hydrogens is 460 g/mol. The van der Waals surface area contributed by atoms with Crippen LogP contribution in [-0.4, -0.2) is 36.6 Å². The Bertz CT molecular complexity index is 1360. The zero-order valence-electron chi connectivity index (χ0n) is 22.1. The molecule has 2 aromatic heterocycles. The highest BCUT2D eigenvalue weighted by Crippen LogP contribution is 2.32. The highest BCUT2D eigenvalue weighted by molar-refractivity contribution is 5.79. The van der Waals surface area contributed by atoms with E-state index in [1.165, 1.54) is 30.4 Å². The molecule has 0 amide bonds. The maximum atomic E-state index is 13.2. The Kier molecular flexibility index (Phi) is 8.09. The van der Waals surface area contributed by atoms with E-state index in [1.807, 2.05) is 12.1 Å². The number of aromatic amines is 1.